The van der Waals surface area contributed by atoms with Gasteiger partial charge < -0.3 is 5.32 Å². The molecule has 0 unspecified atom stereocenters. The lowest BCUT2D eigenvalue weighted by molar-refractivity contribution is 0.516. The quantitative estimate of drug-likeness (QED) is 0.841. The standard InChI is InChI=1S/C16H21N3S/c1-2-17-16-18-14-11-7-6-10-13(14)15(19-16)20-12-8-4-3-5-9-12/h6-7,10-12H,2-5,8-9H2,1H3,(H,17,18,19). The predicted molar refractivity (Wildman–Crippen MR) is 86.4 cm³/mol. The Morgan fingerprint density at radius 2 is 1.95 bits per heavy atom. The van der Waals surface area contributed by atoms with E-state index < -0.39 is 0 Å². The number of nitrogens with zero attached hydrogens (tertiary/aromatic N) is 2. The molecule has 0 amide bonds. The van der Waals surface area contributed by atoms with Gasteiger partial charge >= 0.3 is 0 Å². The summed E-state index contributed by atoms with van der Waals surface area (Å²) in [6.45, 7) is 2.93. The molecule has 1 fully saturated rings. The van der Waals surface area contributed by atoms with Crippen molar-refractivity contribution < 1.29 is 0 Å². The number of anilines is 1. The zero-order valence-electron chi connectivity index (χ0n) is 11.9. The van der Waals surface area contributed by atoms with Crippen molar-refractivity contribution in [1.29, 1.82) is 0 Å². The molecule has 3 nitrogen and oxygen atoms in total. The normalized spacial score (nSPS) is 16.4. The third-order valence-electron chi connectivity index (χ3n) is 3.73. The molecule has 1 aliphatic carbocycles. The lowest BCUT2D eigenvalue weighted by atomic mass is 10.0. The van der Waals surface area contributed by atoms with Crippen LogP contribution >= 0.6 is 11.8 Å². The SMILES string of the molecule is CCNc1nc(SC2CCCCC2)c2ccccc2n1. The van der Waals surface area contributed by atoms with Crippen LogP contribution in [0.1, 0.15) is 39.0 Å². The summed E-state index contributed by atoms with van der Waals surface area (Å²) in [5, 5.41) is 6.28. The van der Waals surface area contributed by atoms with E-state index in [1.807, 2.05) is 17.8 Å². The number of fused-ring (bicyclic) bond motifs is 1. The molecule has 20 heavy (non-hydrogen) atoms. The smallest absolute Gasteiger partial charge is 0.224 e. The van der Waals surface area contributed by atoms with Gasteiger partial charge in [-0.2, -0.15) is 0 Å². The number of thioether (sulfide) groups is 1. The molecule has 2 aromatic rings. The first kappa shape index (κ1) is 13.7. The van der Waals surface area contributed by atoms with E-state index in [1.165, 1.54) is 37.5 Å². The van der Waals surface area contributed by atoms with Gasteiger partial charge in [-0.15, -0.1) is 11.8 Å². The van der Waals surface area contributed by atoms with Crippen molar-refractivity contribution in [3.8, 4) is 0 Å². The van der Waals surface area contributed by atoms with Crippen LogP contribution < -0.4 is 5.32 Å². The van der Waals surface area contributed by atoms with Crippen molar-refractivity contribution in [2.45, 2.75) is 49.3 Å². The predicted octanol–water partition coefficient (Wildman–Crippen LogP) is 4.49. The zero-order chi connectivity index (χ0) is 13.8. The van der Waals surface area contributed by atoms with Gasteiger partial charge in [0.05, 0.1) is 5.52 Å². The van der Waals surface area contributed by atoms with Crippen LogP contribution in [-0.2, 0) is 0 Å². The Balaban J connectivity index is 1.93. The van der Waals surface area contributed by atoms with Gasteiger partial charge in [0, 0.05) is 17.2 Å². The monoisotopic (exact) mass is 287 g/mol. The molecule has 0 radical (unpaired) electrons. The fraction of sp³-hybridized carbons (Fsp3) is 0.500. The van der Waals surface area contributed by atoms with Gasteiger partial charge in [-0.05, 0) is 25.8 Å². The van der Waals surface area contributed by atoms with Crippen LogP contribution in [-0.4, -0.2) is 21.8 Å². The molecule has 0 bridgehead atoms. The van der Waals surface area contributed by atoms with E-state index in [1.54, 1.807) is 0 Å². The second-order valence-corrected chi connectivity index (χ2v) is 6.57. The molecule has 1 heterocycles. The van der Waals surface area contributed by atoms with Crippen molar-refractivity contribution in [1.82, 2.24) is 9.97 Å². The second-order valence-electron chi connectivity index (χ2n) is 5.28. The molecule has 1 aliphatic rings. The average molecular weight is 287 g/mol. The first-order valence-electron chi connectivity index (χ1n) is 7.54. The Morgan fingerprint density at radius 1 is 1.15 bits per heavy atom. The molecule has 106 valence electrons. The van der Waals surface area contributed by atoms with Gasteiger partial charge in [-0.25, -0.2) is 9.97 Å². The Hall–Kier alpha value is -1.29. The van der Waals surface area contributed by atoms with Crippen molar-refractivity contribution >= 4 is 28.6 Å². The van der Waals surface area contributed by atoms with Crippen molar-refractivity contribution in [3.05, 3.63) is 24.3 Å². The van der Waals surface area contributed by atoms with E-state index in [0.717, 1.165) is 28.3 Å². The van der Waals surface area contributed by atoms with E-state index >= 15 is 0 Å². The van der Waals surface area contributed by atoms with E-state index in [4.69, 9.17) is 4.98 Å². The number of rotatable bonds is 4. The van der Waals surface area contributed by atoms with E-state index in [-0.39, 0.29) is 0 Å². The molecule has 0 aliphatic heterocycles. The van der Waals surface area contributed by atoms with Crippen molar-refractivity contribution in [2.75, 3.05) is 11.9 Å². The Morgan fingerprint density at radius 3 is 2.75 bits per heavy atom. The van der Waals surface area contributed by atoms with Crippen LogP contribution in [0.25, 0.3) is 10.9 Å². The topological polar surface area (TPSA) is 37.8 Å². The molecule has 0 atom stereocenters. The van der Waals surface area contributed by atoms with Crippen molar-refractivity contribution in [3.63, 3.8) is 0 Å². The van der Waals surface area contributed by atoms with Crippen LogP contribution in [0.4, 0.5) is 5.95 Å². The molecule has 4 heteroatoms. The molecule has 1 aromatic carbocycles. The molecule has 3 rings (SSSR count). The molecular formula is C16H21N3S. The summed E-state index contributed by atoms with van der Waals surface area (Å²) in [7, 11) is 0. The van der Waals surface area contributed by atoms with Gasteiger partial charge in [0.2, 0.25) is 5.95 Å². The Kier molecular flexibility index (Phi) is 4.41. The van der Waals surface area contributed by atoms with Gasteiger partial charge in [0.25, 0.3) is 0 Å². The highest BCUT2D eigenvalue weighted by molar-refractivity contribution is 8.00. The fourth-order valence-corrected chi connectivity index (χ4v) is 4.04. The second kappa shape index (κ2) is 6.44. The summed E-state index contributed by atoms with van der Waals surface area (Å²) in [6, 6.07) is 8.32. The molecule has 0 saturated heterocycles. The summed E-state index contributed by atoms with van der Waals surface area (Å²) in [6.07, 6.45) is 6.75. The fourth-order valence-electron chi connectivity index (χ4n) is 2.72. The lowest BCUT2D eigenvalue weighted by Gasteiger charge is -2.21. The highest BCUT2D eigenvalue weighted by Gasteiger charge is 2.17. The van der Waals surface area contributed by atoms with Crippen molar-refractivity contribution in [2.24, 2.45) is 0 Å². The molecule has 1 saturated carbocycles. The van der Waals surface area contributed by atoms with Gasteiger partial charge in [-0.3, -0.25) is 0 Å². The maximum absolute atomic E-state index is 4.73. The van der Waals surface area contributed by atoms with Gasteiger partial charge in [-0.1, -0.05) is 37.5 Å². The van der Waals surface area contributed by atoms with Crippen LogP contribution in [0.3, 0.4) is 0 Å². The minimum absolute atomic E-state index is 0.719. The van der Waals surface area contributed by atoms with Crippen LogP contribution in [0, 0.1) is 0 Å². The Labute approximate surface area is 124 Å². The first-order chi connectivity index (χ1) is 9.86. The van der Waals surface area contributed by atoms with Crippen LogP contribution in [0.5, 0.6) is 0 Å². The first-order valence-corrected chi connectivity index (χ1v) is 8.42. The zero-order valence-corrected chi connectivity index (χ0v) is 12.7. The number of benzene rings is 1. The van der Waals surface area contributed by atoms with E-state index in [0.29, 0.717) is 0 Å². The number of para-hydroxylation sites is 1. The van der Waals surface area contributed by atoms with E-state index in [9.17, 15) is 0 Å². The minimum atomic E-state index is 0.719. The largest absolute Gasteiger partial charge is 0.354 e. The van der Waals surface area contributed by atoms with E-state index in [2.05, 4.69) is 35.4 Å². The summed E-state index contributed by atoms with van der Waals surface area (Å²) >= 11 is 1.94. The number of hydrogen-bond acceptors (Lipinski definition) is 4. The summed E-state index contributed by atoms with van der Waals surface area (Å²) < 4.78 is 0. The number of hydrogen-bond donors (Lipinski definition) is 1. The summed E-state index contributed by atoms with van der Waals surface area (Å²) in [5.41, 5.74) is 1.04. The third-order valence-corrected chi connectivity index (χ3v) is 5.07. The molecular weight excluding hydrogens is 266 g/mol. The number of aromatic nitrogens is 2. The molecule has 0 spiro atoms. The highest BCUT2D eigenvalue weighted by Crippen LogP contribution is 2.36. The van der Waals surface area contributed by atoms with Gasteiger partial charge in [0.15, 0.2) is 0 Å². The number of nitrogens with one attached hydrogen (secondary N) is 1. The maximum atomic E-state index is 4.73. The van der Waals surface area contributed by atoms with Crippen LogP contribution in [0.15, 0.2) is 29.3 Å². The highest BCUT2D eigenvalue weighted by atomic mass is 32.2. The third kappa shape index (κ3) is 3.06. The Bertz CT molecular complexity index is 579. The molecule has 1 aromatic heterocycles. The molecule has 1 N–H and O–H groups in total. The minimum Gasteiger partial charge on any atom is -0.354 e. The lowest BCUT2D eigenvalue weighted by Crippen LogP contribution is -2.09. The summed E-state index contributed by atoms with van der Waals surface area (Å²) in [5.74, 6) is 0.754. The van der Waals surface area contributed by atoms with Crippen LogP contribution in [0.2, 0.25) is 0 Å². The van der Waals surface area contributed by atoms with Gasteiger partial charge in [0.1, 0.15) is 5.03 Å². The average Bonchev–Trinajstić information content (AvgIpc) is 2.49. The summed E-state index contributed by atoms with van der Waals surface area (Å²) in [4.78, 5) is 9.31. The maximum Gasteiger partial charge on any atom is 0.224 e.